The highest BCUT2D eigenvalue weighted by molar-refractivity contribution is 6.01. The monoisotopic (exact) mass is 354 g/mol. The van der Waals surface area contributed by atoms with Gasteiger partial charge in [-0.15, -0.1) is 0 Å². The summed E-state index contributed by atoms with van der Waals surface area (Å²) in [6.45, 7) is 11.2. The third-order valence-electron chi connectivity index (χ3n) is 6.54. The van der Waals surface area contributed by atoms with Gasteiger partial charge in [0.2, 0.25) is 0 Å². The third-order valence-corrected chi connectivity index (χ3v) is 6.54. The molecule has 0 radical (unpaired) electrons. The van der Waals surface area contributed by atoms with Crippen LogP contribution in [-0.2, 0) is 0 Å². The Balaban J connectivity index is 1.82. The molecule has 142 valence electrons. The van der Waals surface area contributed by atoms with Crippen molar-refractivity contribution in [1.82, 2.24) is 9.88 Å². The molecular weight excluding hydrogens is 320 g/mol. The van der Waals surface area contributed by atoms with Gasteiger partial charge in [0, 0.05) is 34.6 Å². The van der Waals surface area contributed by atoms with Gasteiger partial charge in [0.15, 0.2) is 5.78 Å². The van der Waals surface area contributed by atoms with Crippen LogP contribution < -0.4 is 0 Å². The normalized spacial score (nSPS) is 17.9. The van der Waals surface area contributed by atoms with E-state index in [1.807, 2.05) is 6.07 Å². The summed E-state index contributed by atoms with van der Waals surface area (Å²) in [5.74, 6) is 1.05. The number of carbonyl (C=O) groups is 1. The molecule has 0 amide bonds. The van der Waals surface area contributed by atoms with Crippen LogP contribution in [0.3, 0.4) is 0 Å². The SMILES string of the molecule is CCC(CC)C(=O)c1ccc2[nH]cc(C3CCN(C(C)CC)CC3)c2c1. The highest BCUT2D eigenvalue weighted by Crippen LogP contribution is 2.34. The fourth-order valence-corrected chi connectivity index (χ4v) is 4.44. The van der Waals surface area contributed by atoms with Gasteiger partial charge in [0.05, 0.1) is 0 Å². The van der Waals surface area contributed by atoms with Crippen LogP contribution in [0.4, 0.5) is 0 Å². The number of aromatic amines is 1. The number of hydrogen-bond donors (Lipinski definition) is 1. The quantitative estimate of drug-likeness (QED) is 0.641. The molecule has 1 fully saturated rings. The Morgan fingerprint density at radius 3 is 2.46 bits per heavy atom. The van der Waals surface area contributed by atoms with Crippen LogP contribution in [-0.4, -0.2) is 34.8 Å². The maximum atomic E-state index is 12.8. The fourth-order valence-electron chi connectivity index (χ4n) is 4.44. The number of fused-ring (bicyclic) bond motifs is 1. The Labute approximate surface area is 158 Å². The summed E-state index contributed by atoms with van der Waals surface area (Å²) in [4.78, 5) is 18.8. The van der Waals surface area contributed by atoms with Gasteiger partial charge in [-0.2, -0.15) is 0 Å². The molecule has 0 aliphatic carbocycles. The van der Waals surface area contributed by atoms with Gasteiger partial charge in [0.25, 0.3) is 0 Å². The minimum atomic E-state index is 0.147. The van der Waals surface area contributed by atoms with E-state index in [0.717, 1.165) is 23.9 Å². The number of piperidine rings is 1. The van der Waals surface area contributed by atoms with Crippen molar-refractivity contribution < 1.29 is 4.79 Å². The van der Waals surface area contributed by atoms with Gasteiger partial charge in [-0.25, -0.2) is 0 Å². The smallest absolute Gasteiger partial charge is 0.165 e. The molecule has 1 aromatic heterocycles. The molecule has 1 aromatic carbocycles. The van der Waals surface area contributed by atoms with E-state index in [2.05, 4.69) is 55.9 Å². The van der Waals surface area contributed by atoms with Gasteiger partial charge in [0.1, 0.15) is 0 Å². The lowest BCUT2D eigenvalue weighted by Gasteiger charge is -2.35. The molecule has 1 atom stereocenters. The van der Waals surface area contributed by atoms with Gasteiger partial charge in [-0.1, -0.05) is 20.8 Å². The van der Waals surface area contributed by atoms with E-state index in [-0.39, 0.29) is 5.92 Å². The Morgan fingerprint density at radius 1 is 1.15 bits per heavy atom. The number of nitrogens with one attached hydrogen (secondary N) is 1. The fraction of sp³-hybridized carbons (Fsp3) is 0.609. The van der Waals surface area contributed by atoms with Gasteiger partial charge < -0.3 is 9.88 Å². The number of aromatic nitrogens is 1. The largest absolute Gasteiger partial charge is 0.361 e. The van der Waals surface area contributed by atoms with Gasteiger partial charge in [-0.05, 0) is 81.8 Å². The Bertz CT molecular complexity index is 736. The number of carbonyl (C=O) groups excluding carboxylic acids is 1. The summed E-state index contributed by atoms with van der Waals surface area (Å²) >= 11 is 0. The molecule has 2 aromatic rings. The summed E-state index contributed by atoms with van der Waals surface area (Å²) in [5.41, 5.74) is 3.44. The van der Waals surface area contributed by atoms with Gasteiger partial charge in [-0.3, -0.25) is 4.79 Å². The summed E-state index contributed by atoms with van der Waals surface area (Å²) in [6, 6.07) is 6.91. The molecule has 0 saturated carbocycles. The average molecular weight is 355 g/mol. The predicted octanol–water partition coefficient (Wildman–Crippen LogP) is 5.76. The molecule has 0 spiro atoms. The molecule has 1 saturated heterocycles. The zero-order chi connectivity index (χ0) is 18.7. The maximum Gasteiger partial charge on any atom is 0.165 e. The van der Waals surface area contributed by atoms with E-state index < -0.39 is 0 Å². The number of nitrogens with zero attached hydrogens (tertiary/aromatic N) is 1. The molecule has 3 rings (SSSR count). The summed E-state index contributed by atoms with van der Waals surface area (Å²) in [6.07, 6.45) is 7.66. The first-order valence-corrected chi connectivity index (χ1v) is 10.5. The van der Waals surface area contributed by atoms with E-state index in [0.29, 0.717) is 17.7 Å². The molecule has 1 unspecified atom stereocenters. The Hall–Kier alpha value is -1.61. The highest BCUT2D eigenvalue weighted by Gasteiger charge is 2.25. The van der Waals surface area contributed by atoms with E-state index in [4.69, 9.17) is 0 Å². The number of likely N-dealkylation sites (tertiary alicyclic amines) is 1. The van der Waals surface area contributed by atoms with E-state index in [9.17, 15) is 4.79 Å². The second-order valence-corrected chi connectivity index (χ2v) is 7.95. The van der Waals surface area contributed by atoms with E-state index in [1.165, 1.54) is 43.3 Å². The molecule has 3 heteroatoms. The van der Waals surface area contributed by atoms with Crippen molar-refractivity contribution in [2.45, 2.75) is 71.8 Å². The zero-order valence-corrected chi connectivity index (χ0v) is 16.8. The Kier molecular flexibility index (Phi) is 6.18. The van der Waals surface area contributed by atoms with Crippen LogP contribution in [0.1, 0.15) is 81.6 Å². The summed E-state index contributed by atoms with van der Waals surface area (Å²) < 4.78 is 0. The van der Waals surface area contributed by atoms with E-state index >= 15 is 0 Å². The second kappa shape index (κ2) is 8.39. The summed E-state index contributed by atoms with van der Waals surface area (Å²) in [5, 5.41) is 1.25. The first-order chi connectivity index (χ1) is 12.6. The van der Waals surface area contributed by atoms with Crippen molar-refractivity contribution in [2.75, 3.05) is 13.1 Å². The molecular formula is C23H34N2O. The van der Waals surface area contributed by atoms with Crippen LogP contribution >= 0.6 is 0 Å². The zero-order valence-electron chi connectivity index (χ0n) is 16.8. The first-order valence-electron chi connectivity index (χ1n) is 10.5. The molecule has 1 aliphatic rings. The number of H-pyrrole nitrogens is 1. The van der Waals surface area contributed by atoms with Crippen molar-refractivity contribution in [1.29, 1.82) is 0 Å². The summed E-state index contributed by atoms with van der Waals surface area (Å²) in [7, 11) is 0. The van der Waals surface area contributed by atoms with Gasteiger partial charge >= 0.3 is 0 Å². The minimum absolute atomic E-state index is 0.147. The van der Waals surface area contributed by atoms with Crippen molar-refractivity contribution in [3.8, 4) is 0 Å². The molecule has 0 bridgehead atoms. The number of ketones is 1. The van der Waals surface area contributed by atoms with Crippen LogP contribution in [0.15, 0.2) is 24.4 Å². The van der Waals surface area contributed by atoms with Crippen molar-refractivity contribution in [2.24, 2.45) is 5.92 Å². The number of rotatable bonds is 7. The predicted molar refractivity (Wildman–Crippen MR) is 110 cm³/mol. The van der Waals surface area contributed by atoms with Crippen LogP contribution in [0.25, 0.3) is 10.9 Å². The lowest BCUT2D eigenvalue weighted by atomic mass is 9.87. The molecule has 2 heterocycles. The lowest BCUT2D eigenvalue weighted by molar-refractivity contribution is 0.0913. The highest BCUT2D eigenvalue weighted by atomic mass is 16.1. The third kappa shape index (κ3) is 3.73. The van der Waals surface area contributed by atoms with Crippen molar-refractivity contribution in [3.63, 3.8) is 0 Å². The number of benzene rings is 1. The minimum Gasteiger partial charge on any atom is -0.361 e. The van der Waals surface area contributed by atoms with Crippen molar-refractivity contribution >= 4 is 16.7 Å². The van der Waals surface area contributed by atoms with Crippen LogP contribution in [0, 0.1) is 5.92 Å². The molecule has 1 N–H and O–H groups in total. The standard InChI is InChI=1S/C23H34N2O/c1-5-16(4)25-12-10-18(11-13-25)21-15-24-22-9-8-19(14-20(21)22)23(26)17(6-2)7-3/h8-9,14-18,24H,5-7,10-13H2,1-4H3. The van der Waals surface area contributed by atoms with Crippen LogP contribution in [0.5, 0.6) is 0 Å². The topological polar surface area (TPSA) is 36.1 Å². The molecule has 26 heavy (non-hydrogen) atoms. The maximum absolute atomic E-state index is 12.8. The molecule has 3 nitrogen and oxygen atoms in total. The lowest BCUT2D eigenvalue weighted by Crippen LogP contribution is -2.39. The van der Waals surface area contributed by atoms with Crippen molar-refractivity contribution in [3.05, 3.63) is 35.5 Å². The van der Waals surface area contributed by atoms with Crippen LogP contribution in [0.2, 0.25) is 0 Å². The second-order valence-electron chi connectivity index (χ2n) is 7.95. The average Bonchev–Trinajstić information content (AvgIpc) is 3.11. The molecule has 1 aliphatic heterocycles. The Morgan fingerprint density at radius 2 is 1.85 bits per heavy atom. The first kappa shape index (κ1) is 19.2. The number of hydrogen-bond acceptors (Lipinski definition) is 2. The number of Topliss-reactive ketones (excluding diaryl/α,β-unsaturated/α-hetero) is 1. The van der Waals surface area contributed by atoms with E-state index in [1.54, 1.807) is 0 Å².